The summed E-state index contributed by atoms with van der Waals surface area (Å²) in [5.41, 5.74) is 1.80. The molecule has 0 unspecified atom stereocenters. The van der Waals surface area contributed by atoms with E-state index in [9.17, 15) is 23.1 Å². The number of nitrogens with zero attached hydrogens (tertiary/aromatic N) is 3. The number of sulfonamides is 1. The number of benzene rings is 2. The van der Waals surface area contributed by atoms with E-state index in [1.807, 2.05) is 24.4 Å². The number of likely N-dealkylation sites (N-methyl/N-ethyl adjacent to an activating group) is 1. The van der Waals surface area contributed by atoms with Crippen molar-refractivity contribution in [3.63, 3.8) is 0 Å². The number of amides is 2. The van der Waals surface area contributed by atoms with Gasteiger partial charge in [-0.05, 0) is 31.2 Å². The van der Waals surface area contributed by atoms with E-state index in [2.05, 4.69) is 10.3 Å². The minimum absolute atomic E-state index is 0.0372. The number of rotatable bonds is 8. The van der Waals surface area contributed by atoms with E-state index in [-0.39, 0.29) is 48.5 Å². The molecule has 1 aliphatic rings. The van der Waals surface area contributed by atoms with Gasteiger partial charge in [-0.1, -0.05) is 25.1 Å². The van der Waals surface area contributed by atoms with E-state index < -0.39 is 28.1 Å². The standard InChI is InChI=1S/C27H32N4O6S2/c1-17-14-31(18(2)16-32)27(34)21-6-5-7-22(24(21)37-23(17)15-30(3)39(4,35)36)29-25(33)19-8-10-20(11-9-19)26-28-12-13-38-26/h5-13,17-18,23,32H,14-16H2,1-4H3,(H,29,33)/t17-,18-,23+/m0/s1. The lowest BCUT2D eigenvalue weighted by atomic mass is 9.99. The van der Waals surface area contributed by atoms with Gasteiger partial charge in [0.2, 0.25) is 10.0 Å². The second kappa shape index (κ2) is 11.8. The highest BCUT2D eigenvalue weighted by molar-refractivity contribution is 7.88. The van der Waals surface area contributed by atoms with E-state index in [1.54, 1.807) is 48.4 Å². The summed E-state index contributed by atoms with van der Waals surface area (Å²) in [7, 11) is -2.03. The third-order valence-electron chi connectivity index (χ3n) is 6.77. The molecule has 0 aliphatic carbocycles. The number of carbonyl (C=O) groups is 2. The van der Waals surface area contributed by atoms with Crippen molar-refractivity contribution in [3.05, 3.63) is 65.2 Å². The molecule has 39 heavy (non-hydrogen) atoms. The Kier molecular flexibility index (Phi) is 8.70. The van der Waals surface area contributed by atoms with E-state index in [0.29, 0.717) is 5.56 Å². The number of hydrogen-bond acceptors (Lipinski definition) is 8. The van der Waals surface area contributed by atoms with Crippen molar-refractivity contribution in [2.75, 3.05) is 38.3 Å². The molecule has 0 bridgehead atoms. The summed E-state index contributed by atoms with van der Waals surface area (Å²) in [5.74, 6) is -0.880. The van der Waals surface area contributed by atoms with E-state index in [1.165, 1.54) is 22.7 Å². The molecule has 1 aromatic heterocycles. The predicted molar refractivity (Wildman–Crippen MR) is 151 cm³/mol. The van der Waals surface area contributed by atoms with Crippen LogP contribution in [0.2, 0.25) is 0 Å². The molecular formula is C27H32N4O6S2. The highest BCUT2D eigenvalue weighted by Crippen LogP contribution is 2.35. The number of para-hydroxylation sites is 1. The van der Waals surface area contributed by atoms with Crippen molar-refractivity contribution in [1.82, 2.24) is 14.2 Å². The van der Waals surface area contributed by atoms with Gasteiger partial charge in [0.25, 0.3) is 11.8 Å². The van der Waals surface area contributed by atoms with Gasteiger partial charge < -0.3 is 20.1 Å². The van der Waals surface area contributed by atoms with Crippen LogP contribution in [0.3, 0.4) is 0 Å². The predicted octanol–water partition coefficient (Wildman–Crippen LogP) is 3.17. The molecule has 0 fully saturated rings. The molecule has 0 radical (unpaired) electrons. The van der Waals surface area contributed by atoms with Gasteiger partial charge in [-0.2, -0.15) is 0 Å². The molecule has 10 nitrogen and oxygen atoms in total. The number of nitrogens with one attached hydrogen (secondary N) is 1. The number of aliphatic hydroxyl groups is 1. The molecule has 3 aromatic rings. The lowest BCUT2D eigenvalue weighted by molar-refractivity contribution is 0.0389. The van der Waals surface area contributed by atoms with Gasteiger partial charge in [-0.15, -0.1) is 11.3 Å². The van der Waals surface area contributed by atoms with Crippen LogP contribution in [-0.4, -0.2) is 84.7 Å². The second-order valence-electron chi connectivity index (χ2n) is 9.72. The first-order valence-corrected chi connectivity index (χ1v) is 15.2. The van der Waals surface area contributed by atoms with Crippen LogP contribution in [0.1, 0.15) is 34.6 Å². The zero-order valence-electron chi connectivity index (χ0n) is 22.2. The van der Waals surface area contributed by atoms with Crippen LogP contribution in [0.4, 0.5) is 5.69 Å². The smallest absolute Gasteiger partial charge is 0.258 e. The number of ether oxygens (including phenoxy) is 1. The molecule has 1 aliphatic heterocycles. The number of aliphatic hydroxyl groups excluding tert-OH is 1. The van der Waals surface area contributed by atoms with Crippen LogP contribution in [0.5, 0.6) is 5.75 Å². The Bertz CT molecular complexity index is 1430. The number of hydrogen-bond donors (Lipinski definition) is 2. The van der Waals surface area contributed by atoms with Gasteiger partial charge >= 0.3 is 0 Å². The fourth-order valence-electron chi connectivity index (χ4n) is 4.27. The molecular weight excluding hydrogens is 540 g/mol. The zero-order chi connectivity index (χ0) is 28.3. The van der Waals surface area contributed by atoms with Crippen molar-refractivity contribution in [1.29, 1.82) is 0 Å². The van der Waals surface area contributed by atoms with E-state index >= 15 is 0 Å². The minimum atomic E-state index is -3.50. The van der Waals surface area contributed by atoms with Gasteiger partial charge in [0.05, 0.1) is 36.7 Å². The van der Waals surface area contributed by atoms with Gasteiger partial charge in [0.15, 0.2) is 5.75 Å². The summed E-state index contributed by atoms with van der Waals surface area (Å²) in [6.45, 7) is 3.66. The average molecular weight is 573 g/mol. The molecule has 0 spiro atoms. The maximum absolute atomic E-state index is 13.6. The van der Waals surface area contributed by atoms with Gasteiger partial charge in [-0.25, -0.2) is 17.7 Å². The normalized spacial score (nSPS) is 18.6. The fraction of sp³-hybridized carbons (Fsp3) is 0.370. The molecule has 0 saturated carbocycles. The van der Waals surface area contributed by atoms with Crippen LogP contribution in [0, 0.1) is 5.92 Å². The molecule has 12 heteroatoms. The molecule has 4 rings (SSSR count). The van der Waals surface area contributed by atoms with Crippen LogP contribution in [0.25, 0.3) is 10.6 Å². The monoisotopic (exact) mass is 572 g/mol. The Morgan fingerprint density at radius 1 is 1.28 bits per heavy atom. The molecule has 2 aromatic carbocycles. The highest BCUT2D eigenvalue weighted by atomic mass is 32.2. The third kappa shape index (κ3) is 6.47. The average Bonchev–Trinajstić information content (AvgIpc) is 3.45. The molecule has 208 valence electrons. The Hall–Kier alpha value is -3.32. The summed E-state index contributed by atoms with van der Waals surface area (Å²) < 4.78 is 31.9. The van der Waals surface area contributed by atoms with Crippen molar-refractivity contribution in [3.8, 4) is 16.3 Å². The van der Waals surface area contributed by atoms with Gasteiger partial charge in [-0.3, -0.25) is 9.59 Å². The maximum atomic E-state index is 13.6. The van der Waals surface area contributed by atoms with Crippen LogP contribution >= 0.6 is 11.3 Å². The molecule has 2 N–H and O–H groups in total. The number of carbonyl (C=O) groups excluding carboxylic acids is 2. The van der Waals surface area contributed by atoms with Crippen LogP contribution in [-0.2, 0) is 10.0 Å². The zero-order valence-corrected chi connectivity index (χ0v) is 23.8. The van der Waals surface area contributed by atoms with E-state index in [0.717, 1.165) is 16.8 Å². The van der Waals surface area contributed by atoms with Crippen molar-refractivity contribution in [2.45, 2.75) is 26.0 Å². The highest BCUT2D eigenvalue weighted by Gasteiger charge is 2.35. The molecule has 2 heterocycles. The summed E-state index contributed by atoms with van der Waals surface area (Å²) >= 11 is 1.50. The maximum Gasteiger partial charge on any atom is 0.258 e. The topological polar surface area (TPSA) is 129 Å². The quantitative estimate of drug-likeness (QED) is 0.424. The number of anilines is 1. The van der Waals surface area contributed by atoms with Crippen molar-refractivity contribution in [2.24, 2.45) is 5.92 Å². The largest absolute Gasteiger partial charge is 0.486 e. The lowest BCUT2D eigenvalue weighted by Gasteiger charge is -2.38. The second-order valence-corrected chi connectivity index (χ2v) is 12.7. The van der Waals surface area contributed by atoms with Gasteiger partial charge in [0.1, 0.15) is 11.1 Å². The Labute approximate surface area is 232 Å². The summed E-state index contributed by atoms with van der Waals surface area (Å²) in [6.07, 6.45) is 2.19. The van der Waals surface area contributed by atoms with Crippen LogP contribution < -0.4 is 10.1 Å². The fourth-order valence-corrected chi connectivity index (χ4v) is 5.34. The first-order valence-electron chi connectivity index (χ1n) is 12.4. The lowest BCUT2D eigenvalue weighted by Crippen LogP contribution is -2.50. The Morgan fingerprint density at radius 3 is 2.62 bits per heavy atom. The third-order valence-corrected chi connectivity index (χ3v) is 8.87. The summed E-state index contributed by atoms with van der Waals surface area (Å²) in [6, 6.07) is 11.4. The first kappa shape index (κ1) is 28.7. The summed E-state index contributed by atoms with van der Waals surface area (Å²) in [5, 5.41) is 15.4. The van der Waals surface area contributed by atoms with Crippen LogP contribution in [0.15, 0.2) is 54.0 Å². The number of fused-ring (bicyclic) bond motifs is 1. The molecule has 3 atom stereocenters. The SMILES string of the molecule is C[C@H]1CN([C@@H](C)CO)C(=O)c2cccc(NC(=O)c3ccc(-c4nccs4)cc3)c2O[C@@H]1CN(C)S(C)(=O)=O. The Morgan fingerprint density at radius 2 is 2.00 bits per heavy atom. The minimum Gasteiger partial charge on any atom is -0.486 e. The van der Waals surface area contributed by atoms with E-state index in [4.69, 9.17) is 4.74 Å². The Balaban J connectivity index is 1.69. The molecule has 2 amide bonds. The first-order chi connectivity index (χ1) is 18.5. The molecule has 0 saturated heterocycles. The van der Waals surface area contributed by atoms with Gasteiger partial charge in [0, 0.05) is 42.2 Å². The van der Waals surface area contributed by atoms with Crippen molar-refractivity contribution < 1.29 is 27.9 Å². The van der Waals surface area contributed by atoms with Crippen molar-refractivity contribution >= 4 is 38.9 Å². The summed E-state index contributed by atoms with van der Waals surface area (Å²) in [4.78, 5) is 32.6. The number of aromatic nitrogens is 1. The number of thiazole rings is 1.